The van der Waals surface area contributed by atoms with Crippen LogP contribution in [-0.4, -0.2) is 40.7 Å². The molecule has 1 rings (SSSR count). The minimum absolute atomic E-state index is 0.00827. The average molecular weight is 447 g/mol. The minimum atomic E-state index is -1.38. The highest BCUT2D eigenvalue weighted by Gasteiger charge is 2.12. The Kier molecular flexibility index (Phi) is 14.3. The van der Waals surface area contributed by atoms with Crippen LogP contribution < -0.4 is 10.6 Å². The number of phenolic OH excluding ortho intramolecular Hbond substituents is 1. The number of aromatic hydroxyl groups is 1. The molecule has 1 aromatic rings. The summed E-state index contributed by atoms with van der Waals surface area (Å²) in [5.41, 5.74) is 1.43. The van der Waals surface area contributed by atoms with Crippen molar-refractivity contribution in [3.05, 3.63) is 23.8 Å². The van der Waals surface area contributed by atoms with Crippen molar-refractivity contribution in [2.45, 2.75) is 52.9 Å². The standard InChI is InChI=1S/C22H30N2O5.CO2/c1-4-15(2)12-16(3)13-17-7-8-19(25)18(14-17)24-21(27)6-5-11-23-20(26)9-10-22(28)29;2-1-3/h7-8,14-16,25H,4-6,11-13H2,1-3H3,(H,23,26)(H,24,27)(H,28,29);/t15?,16-;/m1./s1. The molecule has 2 amide bonds. The van der Waals surface area contributed by atoms with Crippen LogP contribution >= 0.6 is 0 Å². The van der Waals surface area contributed by atoms with E-state index in [1.165, 1.54) is 0 Å². The van der Waals surface area contributed by atoms with Gasteiger partial charge in [0.1, 0.15) is 5.75 Å². The highest BCUT2D eigenvalue weighted by molar-refractivity contribution is 6.00. The molecule has 0 saturated heterocycles. The maximum atomic E-state index is 12.1. The van der Waals surface area contributed by atoms with Gasteiger partial charge in [-0.05, 0) is 48.8 Å². The van der Waals surface area contributed by atoms with E-state index in [1.807, 2.05) is 12.0 Å². The Bertz CT molecular complexity index is 865. The molecule has 9 heteroatoms. The fourth-order valence-electron chi connectivity index (χ4n) is 2.97. The van der Waals surface area contributed by atoms with Crippen molar-refractivity contribution < 1.29 is 34.2 Å². The summed E-state index contributed by atoms with van der Waals surface area (Å²) < 4.78 is 0. The van der Waals surface area contributed by atoms with Gasteiger partial charge in [0.25, 0.3) is 5.91 Å². The third-order valence-electron chi connectivity index (χ3n) is 4.57. The lowest BCUT2D eigenvalue weighted by Gasteiger charge is -2.17. The van der Waals surface area contributed by atoms with E-state index in [2.05, 4.69) is 31.4 Å². The second-order valence-corrected chi connectivity index (χ2v) is 7.46. The van der Waals surface area contributed by atoms with Crippen LogP contribution in [0.4, 0.5) is 5.69 Å². The van der Waals surface area contributed by atoms with Crippen molar-refractivity contribution in [1.82, 2.24) is 5.32 Å². The lowest BCUT2D eigenvalue weighted by molar-refractivity contribution is -0.191. The molecule has 0 bridgehead atoms. The number of hydrogen-bond acceptors (Lipinski definition) is 6. The average Bonchev–Trinajstić information content (AvgIpc) is 2.72. The van der Waals surface area contributed by atoms with Gasteiger partial charge in [-0.25, -0.2) is 4.79 Å². The summed E-state index contributed by atoms with van der Waals surface area (Å²) >= 11 is 0. The number of rotatable bonds is 10. The Hall–Kier alpha value is -3.63. The summed E-state index contributed by atoms with van der Waals surface area (Å²) in [6, 6.07) is 5.25. The van der Waals surface area contributed by atoms with Gasteiger partial charge in [-0.2, -0.15) is 9.59 Å². The molecule has 174 valence electrons. The molecule has 0 spiro atoms. The Morgan fingerprint density at radius 3 is 2.34 bits per heavy atom. The fourth-order valence-corrected chi connectivity index (χ4v) is 2.97. The lowest BCUT2D eigenvalue weighted by atomic mass is 9.90. The number of amides is 2. The monoisotopic (exact) mass is 446 g/mol. The van der Waals surface area contributed by atoms with Crippen LogP contribution in [0.5, 0.6) is 5.75 Å². The molecule has 1 aromatic carbocycles. The topological polar surface area (TPSA) is 150 Å². The van der Waals surface area contributed by atoms with Gasteiger partial charge in [0, 0.05) is 24.8 Å². The number of phenols is 1. The second kappa shape index (κ2) is 16.1. The zero-order valence-electron chi connectivity index (χ0n) is 18.6. The van der Waals surface area contributed by atoms with E-state index in [1.54, 1.807) is 18.1 Å². The molecular weight excluding hydrogens is 416 g/mol. The van der Waals surface area contributed by atoms with Crippen molar-refractivity contribution in [2.24, 2.45) is 11.8 Å². The first-order valence-corrected chi connectivity index (χ1v) is 10.3. The Labute approximate surface area is 187 Å². The number of carbonyl (C=O) groups is 3. The van der Waals surface area contributed by atoms with Crippen LogP contribution in [0.25, 0.3) is 0 Å². The van der Waals surface area contributed by atoms with Gasteiger partial charge in [-0.15, -0.1) is 0 Å². The number of carboxylic acid groups (broad SMARTS) is 1. The number of aliphatic carboxylic acids is 1. The molecule has 2 atom stereocenters. The van der Waals surface area contributed by atoms with E-state index in [0.717, 1.165) is 24.8 Å². The third-order valence-corrected chi connectivity index (χ3v) is 4.57. The molecule has 0 fully saturated rings. The molecule has 0 radical (unpaired) electrons. The third kappa shape index (κ3) is 13.6. The molecule has 0 heterocycles. The number of anilines is 1. The van der Waals surface area contributed by atoms with E-state index in [9.17, 15) is 19.5 Å². The Morgan fingerprint density at radius 2 is 1.75 bits per heavy atom. The summed E-state index contributed by atoms with van der Waals surface area (Å²) in [6.07, 6.45) is 3.89. The quantitative estimate of drug-likeness (QED) is 0.245. The van der Waals surface area contributed by atoms with Crippen LogP contribution in [0.3, 0.4) is 0 Å². The summed E-state index contributed by atoms with van der Waals surface area (Å²) in [5.74, 6) is 2.45. The van der Waals surface area contributed by atoms with Crippen LogP contribution in [0.1, 0.15) is 52.0 Å². The molecule has 0 aliphatic heterocycles. The number of hydrogen-bond donors (Lipinski definition) is 4. The molecule has 32 heavy (non-hydrogen) atoms. The first kappa shape index (κ1) is 28.4. The molecule has 9 nitrogen and oxygen atoms in total. The largest absolute Gasteiger partial charge is 0.506 e. The van der Waals surface area contributed by atoms with Gasteiger partial charge in [-0.1, -0.05) is 33.3 Å². The molecular formula is C23H30N2O7. The van der Waals surface area contributed by atoms with Crippen LogP contribution in [-0.2, 0) is 30.4 Å². The zero-order chi connectivity index (χ0) is 24.5. The molecule has 0 aliphatic rings. The van der Waals surface area contributed by atoms with Crippen molar-refractivity contribution >= 4 is 29.6 Å². The van der Waals surface area contributed by atoms with Gasteiger partial charge in [0.2, 0.25) is 5.91 Å². The SMILES string of the molecule is CCC(C)C[C@@H](C)Cc1ccc(O)c(NC(=O)CCCNC(=O)C#CC(=O)O)c1.O=C=O. The first-order valence-electron chi connectivity index (χ1n) is 10.3. The highest BCUT2D eigenvalue weighted by Crippen LogP contribution is 2.27. The first-order chi connectivity index (χ1) is 15.1. The Balaban J connectivity index is 0.00000302. The van der Waals surface area contributed by atoms with Crippen molar-refractivity contribution in [1.29, 1.82) is 0 Å². The van der Waals surface area contributed by atoms with E-state index < -0.39 is 11.9 Å². The molecule has 1 unspecified atom stereocenters. The number of carbonyl (C=O) groups excluding carboxylic acids is 4. The molecule has 0 aliphatic carbocycles. The van der Waals surface area contributed by atoms with Gasteiger partial charge in [0.15, 0.2) is 0 Å². The molecule has 0 saturated carbocycles. The second-order valence-electron chi connectivity index (χ2n) is 7.46. The van der Waals surface area contributed by atoms with Gasteiger partial charge >= 0.3 is 12.1 Å². The zero-order valence-corrected chi connectivity index (χ0v) is 18.6. The van der Waals surface area contributed by atoms with E-state index in [0.29, 0.717) is 23.9 Å². The number of nitrogens with one attached hydrogen (secondary N) is 2. The summed E-state index contributed by atoms with van der Waals surface area (Å²) in [7, 11) is 0. The number of benzene rings is 1. The summed E-state index contributed by atoms with van der Waals surface area (Å²) in [4.78, 5) is 49.9. The number of carboxylic acids is 1. The van der Waals surface area contributed by atoms with Crippen molar-refractivity contribution in [2.75, 3.05) is 11.9 Å². The normalized spacial score (nSPS) is 11.3. The smallest absolute Gasteiger partial charge is 0.382 e. The van der Waals surface area contributed by atoms with E-state index in [-0.39, 0.29) is 30.8 Å². The highest BCUT2D eigenvalue weighted by atomic mass is 16.4. The lowest BCUT2D eigenvalue weighted by Crippen LogP contribution is -2.24. The van der Waals surface area contributed by atoms with Crippen LogP contribution in [0, 0.1) is 23.7 Å². The fraction of sp³-hybridized carbons (Fsp3) is 0.478. The van der Waals surface area contributed by atoms with Gasteiger partial charge < -0.3 is 20.8 Å². The molecule has 0 aromatic heterocycles. The maximum Gasteiger partial charge on any atom is 0.382 e. The predicted octanol–water partition coefficient (Wildman–Crippen LogP) is 2.35. The predicted molar refractivity (Wildman–Crippen MR) is 116 cm³/mol. The van der Waals surface area contributed by atoms with Crippen molar-refractivity contribution in [3.63, 3.8) is 0 Å². The van der Waals surface area contributed by atoms with Crippen LogP contribution in [0.2, 0.25) is 0 Å². The van der Waals surface area contributed by atoms with E-state index in [4.69, 9.17) is 14.7 Å². The van der Waals surface area contributed by atoms with Gasteiger partial charge in [-0.3, -0.25) is 9.59 Å². The van der Waals surface area contributed by atoms with E-state index >= 15 is 0 Å². The Morgan fingerprint density at radius 1 is 1.09 bits per heavy atom. The maximum absolute atomic E-state index is 12.1. The summed E-state index contributed by atoms with van der Waals surface area (Å²) in [5, 5.41) is 23.5. The minimum Gasteiger partial charge on any atom is -0.506 e. The molecule has 4 N–H and O–H groups in total. The van der Waals surface area contributed by atoms with Gasteiger partial charge in [0.05, 0.1) is 5.69 Å². The van der Waals surface area contributed by atoms with Crippen molar-refractivity contribution in [3.8, 4) is 17.6 Å². The summed E-state index contributed by atoms with van der Waals surface area (Å²) in [6.45, 7) is 6.81. The van der Waals surface area contributed by atoms with Crippen LogP contribution in [0.15, 0.2) is 18.2 Å².